The minimum absolute atomic E-state index is 0.106. The third-order valence-electron chi connectivity index (χ3n) is 3.98. The first kappa shape index (κ1) is 17.7. The summed E-state index contributed by atoms with van der Waals surface area (Å²) < 4.78 is 10.9. The van der Waals surface area contributed by atoms with Crippen LogP contribution in [0.4, 0.5) is 5.69 Å². The van der Waals surface area contributed by atoms with Gasteiger partial charge in [-0.15, -0.1) is 0 Å². The van der Waals surface area contributed by atoms with Gasteiger partial charge in [-0.3, -0.25) is 10.1 Å². The first-order valence-corrected chi connectivity index (χ1v) is 8.51. The highest BCUT2D eigenvalue weighted by atomic mass is 35.5. The molecule has 0 atom stereocenters. The minimum Gasteiger partial charge on any atom is -0.457 e. The number of furan rings is 1. The fourth-order valence-electron chi connectivity index (χ4n) is 2.64. The van der Waals surface area contributed by atoms with E-state index in [4.69, 9.17) is 20.8 Å². The number of aliphatic imine (C=N–C) groups is 1. The number of cyclic esters (lactones) is 1. The molecule has 0 radical (unpaired) electrons. The Morgan fingerprint density at radius 2 is 1.86 bits per heavy atom. The summed E-state index contributed by atoms with van der Waals surface area (Å²) in [6.45, 7) is 0. The lowest BCUT2D eigenvalue weighted by Gasteiger charge is -2.00. The number of hydrogen-bond donors (Lipinski definition) is 0. The van der Waals surface area contributed by atoms with Gasteiger partial charge in [0.1, 0.15) is 11.5 Å². The molecule has 1 aliphatic rings. The maximum Gasteiger partial charge on any atom is 0.363 e. The van der Waals surface area contributed by atoms with Gasteiger partial charge in [-0.25, -0.2) is 9.79 Å². The van der Waals surface area contributed by atoms with Crippen molar-refractivity contribution in [2.45, 2.75) is 0 Å². The molecule has 2 heterocycles. The maximum atomic E-state index is 12.1. The molecule has 8 heteroatoms. The lowest BCUT2D eigenvalue weighted by Crippen LogP contribution is -2.04. The number of ether oxygens (including phenoxy) is 1. The number of rotatable bonds is 4. The van der Waals surface area contributed by atoms with Gasteiger partial charge in [0.25, 0.3) is 5.69 Å². The average Bonchev–Trinajstić information content (AvgIpc) is 3.30. The number of hydrogen-bond acceptors (Lipinski definition) is 6. The number of non-ortho nitro benzene ring substituents is 1. The lowest BCUT2D eigenvalue weighted by atomic mass is 10.1. The maximum absolute atomic E-state index is 12.1. The van der Waals surface area contributed by atoms with Crippen molar-refractivity contribution in [1.29, 1.82) is 0 Å². The summed E-state index contributed by atoms with van der Waals surface area (Å²) >= 11 is 6.12. The van der Waals surface area contributed by atoms with E-state index in [0.717, 1.165) is 0 Å². The van der Waals surface area contributed by atoms with E-state index in [9.17, 15) is 14.9 Å². The number of benzene rings is 2. The van der Waals surface area contributed by atoms with Gasteiger partial charge in [0.15, 0.2) is 5.70 Å². The second-order valence-electron chi connectivity index (χ2n) is 5.83. The zero-order chi connectivity index (χ0) is 19.7. The van der Waals surface area contributed by atoms with Crippen molar-refractivity contribution in [3.05, 3.63) is 92.8 Å². The molecule has 138 valence electrons. The predicted octanol–water partition coefficient (Wildman–Crippen LogP) is 4.85. The van der Waals surface area contributed by atoms with Crippen molar-refractivity contribution < 1.29 is 18.9 Å². The van der Waals surface area contributed by atoms with Gasteiger partial charge >= 0.3 is 5.97 Å². The molecule has 7 nitrogen and oxygen atoms in total. The summed E-state index contributed by atoms with van der Waals surface area (Å²) in [7, 11) is 0. The van der Waals surface area contributed by atoms with Crippen molar-refractivity contribution >= 4 is 35.2 Å². The Morgan fingerprint density at radius 1 is 1.07 bits per heavy atom. The van der Waals surface area contributed by atoms with Gasteiger partial charge in [0.05, 0.1) is 9.95 Å². The molecule has 1 aromatic heterocycles. The van der Waals surface area contributed by atoms with Crippen LogP contribution in [-0.4, -0.2) is 16.8 Å². The van der Waals surface area contributed by atoms with Crippen molar-refractivity contribution in [3.8, 4) is 11.3 Å². The molecule has 28 heavy (non-hydrogen) atoms. The quantitative estimate of drug-likeness (QED) is 0.273. The van der Waals surface area contributed by atoms with Crippen LogP contribution in [0.2, 0.25) is 5.02 Å². The molecule has 0 saturated heterocycles. The predicted molar refractivity (Wildman–Crippen MR) is 103 cm³/mol. The van der Waals surface area contributed by atoms with Crippen LogP contribution in [0.3, 0.4) is 0 Å². The van der Waals surface area contributed by atoms with E-state index in [1.54, 1.807) is 24.3 Å². The van der Waals surface area contributed by atoms with E-state index in [2.05, 4.69) is 4.99 Å². The Hall–Kier alpha value is -3.71. The highest BCUT2D eigenvalue weighted by molar-refractivity contribution is 6.33. The van der Waals surface area contributed by atoms with Crippen LogP contribution in [0, 0.1) is 10.1 Å². The van der Waals surface area contributed by atoms with Gasteiger partial charge in [-0.1, -0.05) is 29.8 Å². The number of nitrogens with zero attached hydrogens (tertiary/aromatic N) is 2. The van der Waals surface area contributed by atoms with Crippen LogP contribution < -0.4 is 0 Å². The molecular weight excluding hydrogens is 384 g/mol. The standard InChI is InChI=1S/C20H11ClN2O5/c21-16-10-13(23(25)26)6-8-15(16)18-9-7-14(27-18)11-17-20(24)28-19(22-17)12-4-2-1-3-5-12/h1-11H/b17-11-. The SMILES string of the molecule is O=C1OC(c2ccccc2)=N/C1=C\c1ccc(-c2ccc([N+](=O)[O-])cc2Cl)o1. The summed E-state index contributed by atoms with van der Waals surface area (Å²) in [5, 5.41) is 11.0. The van der Waals surface area contributed by atoms with Gasteiger partial charge in [-0.05, 0) is 30.3 Å². The Bertz CT molecular complexity index is 1150. The summed E-state index contributed by atoms with van der Waals surface area (Å²) in [5.41, 5.74) is 1.19. The molecule has 4 rings (SSSR count). The molecule has 0 amide bonds. The summed E-state index contributed by atoms with van der Waals surface area (Å²) in [6, 6.07) is 16.5. The van der Waals surface area contributed by atoms with E-state index in [-0.39, 0.29) is 22.3 Å². The summed E-state index contributed by atoms with van der Waals surface area (Å²) in [5.74, 6) is 0.423. The van der Waals surface area contributed by atoms with E-state index in [1.807, 2.05) is 18.2 Å². The van der Waals surface area contributed by atoms with Gasteiger partial charge < -0.3 is 9.15 Å². The van der Waals surface area contributed by atoms with Crippen molar-refractivity contribution in [1.82, 2.24) is 0 Å². The number of nitro groups is 1. The van der Waals surface area contributed by atoms with E-state index in [1.165, 1.54) is 24.3 Å². The average molecular weight is 395 g/mol. The third-order valence-corrected chi connectivity index (χ3v) is 4.29. The van der Waals surface area contributed by atoms with Gasteiger partial charge in [0.2, 0.25) is 5.90 Å². The van der Waals surface area contributed by atoms with Gasteiger partial charge in [-0.2, -0.15) is 0 Å². The van der Waals surface area contributed by atoms with E-state index >= 15 is 0 Å². The minimum atomic E-state index is -0.579. The van der Waals surface area contributed by atoms with Crippen LogP contribution in [0.25, 0.3) is 17.4 Å². The monoisotopic (exact) mass is 394 g/mol. The molecule has 0 spiro atoms. The van der Waals surface area contributed by atoms with Crippen LogP contribution in [0.15, 0.2) is 75.8 Å². The van der Waals surface area contributed by atoms with Crippen molar-refractivity contribution in [2.24, 2.45) is 4.99 Å². The van der Waals surface area contributed by atoms with E-state index in [0.29, 0.717) is 22.6 Å². The zero-order valence-corrected chi connectivity index (χ0v) is 14.9. The molecule has 0 fully saturated rings. The van der Waals surface area contributed by atoms with Crippen LogP contribution in [-0.2, 0) is 9.53 Å². The fourth-order valence-corrected chi connectivity index (χ4v) is 2.91. The fraction of sp³-hybridized carbons (Fsp3) is 0. The topological polar surface area (TPSA) is 94.9 Å². The largest absolute Gasteiger partial charge is 0.457 e. The van der Waals surface area contributed by atoms with Crippen LogP contribution in [0.5, 0.6) is 0 Å². The second kappa shape index (κ2) is 7.13. The van der Waals surface area contributed by atoms with Crippen LogP contribution in [0.1, 0.15) is 11.3 Å². The normalized spacial score (nSPS) is 14.8. The second-order valence-corrected chi connectivity index (χ2v) is 6.23. The molecule has 0 N–H and O–H groups in total. The lowest BCUT2D eigenvalue weighted by molar-refractivity contribution is -0.384. The molecule has 3 aromatic rings. The number of esters is 1. The highest BCUT2D eigenvalue weighted by Crippen LogP contribution is 2.33. The number of nitro benzene ring substituents is 1. The summed E-state index contributed by atoms with van der Waals surface area (Å²) in [4.78, 5) is 26.6. The number of halogens is 1. The molecule has 0 bridgehead atoms. The third kappa shape index (κ3) is 3.43. The Balaban J connectivity index is 1.62. The highest BCUT2D eigenvalue weighted by Gasteiger charge is 2.24. The summed E-state index contributed by atoms with van der Waals surface area (Å²) in [6.07, 6.45) is 1.46. The smallest absolute Gasteiger partial charge is 0.363 e. The van der Waals surface area contributed by atoms with Gasteiger partial charge in [0, 0.05) is 29.3 Å². The Labute approximate surface area is 163 Å². The van der Waals surface area contributed by atoms with Crippen molar-refractivity contribution in [3.63, 3.8) is 0 Å². The zero-order valence-electron chi connectivity index (χ0n) is 14.2. The Morgan fingerprint density at radius 3 is 2.57 bits per heavy atom. The number of carbonyl (C=O) groups is 1. The van der Waals surface area contributed by atoms with E-state index < -0.39 is 10.9 Å². The number of carbonyl (C=O) groups excluding carboxylic acids is 1. The first-order valence-electron chi connectivity index (χ1n) is 8.13. The van der Waals surface area contributed by atoms with Crippen LogP contribution >= 0.6 is 11.6 Å². The molecule has 1 aliphatic heterocycles. The Kier molecular flexibility index (Phi) is 4.50. The molecule has 0 saturated carbocycles. The molecule has 2 aromatic carbocycles. The van der Waals surface area contributed by atoms with Crippen molar-refractivity contribution in [2.75, 3.05) is 0 Å². The first-order chi connectivity index (χ1) is 13.5. The molecular formula is C20H11ClN2O5. The molecule has 0 unspecified atom stereocenters. The molecule has 0 aliphatic carbocycles.